The van der Waals surface area contributed by atoms with Crippen molar-refractivity contribution in [2.45, 2.75) is 33.6 Å². The molecular weight excluding hydrogens is 246 g/mol. The van der Waals surface area contributed by atoms with E-state index in [2.05, 4.69) is 17.9 Å². The molecule has 1 aromatic rings. The van der Waals surface area contributed by atoms with E-state index < -0.39 is 5.97 Å². The van der Waals surface area contributed by atoms with Crippen LogP contribution in [-0.4, -0.2) is 30.1 Å². The highest BCUT2D eigenvalue weighted by Crippen LogP contribution is 2.30. The first-order valence-corrected chi connectivity index (χ1v) is 6.95. The number of hydrogen-bond acceptors (Lipinski definition) is 3. The molecule has 0 aliphatic heterocycles. The van der Waals surface area contributed by atoms with Gasteiger partial charge in [-0.05, 0) is 19.1 Å². The van der Waals surface area contributed by atoms with Crippen molar-refractivity contribution in [2.75, 3.05) is 14.1 Å². The highest BCUT2D eigenvalue weighted by molar-refractivity contribution is 7.14. The van der Waals surface area contributed by atoms with Gasteiger partial charge in [0.25, 0.3) is 0 Å². The summed E-state index contributed by atoms with van der Waals surface area (Å²) in [5, 5.41) is 8.87. The lowest BCUT2D eigenvalue weighted by Gasteiger charge is -2.22. The third-order valence-electron chi connectivity index (χ3n) is 2.52. The number of carboxylic acids is 1. The summed E-state index contributed by atoms with van der Waals surface area (Å²) in [6.45, 7) is 8.09. The van der Waals surface area contributed by atoms with Crippen molar-refractivity contribution in [2.24, 2.45) is 0 Å². The van der Waals surface area contributed by atoms with Gasteiger partial charge in [-0.1, -0.05) is 26.8 Å². The minimum atomic E-state index is -0.852. The van der Waals surface area contributed by atoms with E-state index in [1.54, 1.807) is 6.07 Å². The maximum Gasteiger partial charge on any atom is 0.345 e. The van der Waals surface area contributed by atoms with Crippen LogP contribution >= 0.6 is 11.3 Å². The summed E-state index contributed by atoms with van der Waals surface area (Å²) in [5.74, 6) is -0.617. The van der Waals surface area contributed by atoms with Gasteiger partial charge in [-0.25, -0.2) is 4.79 Å². The lowest BCUT2D eigenvalue weighted by Crippen LogP contribution is -2.15. The maximum absolute atomic E-state index is 10.8. The normalized spacial score (nSPS) is 12.4. The van der Waals surface area contributed by atoms with Crippen LogP contribution in [0, 0.1) is 0 Å². The Morgan fingerprint density at radius 2 is 1.94 bits per heavy atom. The van der Waals surface area contributed by atoms with E-state index in [1.165, 1.54) is 17.0 Å². The maximum atomic E-state index is 10.8. The number of allylic oxidation sites excluding steroid dienone is 2. The Labute approximate surface area is 114 Å². The molecule has 1 N–H and O–H groups in total. The monoisotopic (exact) mass is 269 g/mol. The van der Waals surface area contributed by atoms with Crippen LogP contribution in [0.2, 0.25) is 0 Å². The van der Waals surface area contributed by atoms with Crippen LogP contribution in [0.1, 0.15) is 48.2 Å². The Balaban J connectivity index is 0.00000137. The van der Waals surface area contributed by atoms with E-state index in [-0.39, 0.29) is 5.92 Å². The molecule has 1 rings (SSSR count). The zero-order chi connectivity index (χ0) is 14.3. The number of rotatable bonds is 4. The van der Waals surface area contributed by atoms with Crippen molar-refractivity contribution in [1.82, 2.24) is 4.90 Å². The highest BCUT2D eigenvalue weighted by Gasteiger charge is 2.16. The molecule has 0 fully saturated rings. The van der Waals surface area contributed by atoms with Crippen molar-refractivity contribution in [3.8, 4) is 0 Å². The number of nitrogens with zero attached hydrogens (tertiary/aromatic N) is 1. The van der Waals surface area contributed by atoms with E-state index >= 15 is 0 Å². The quantitative estimate of drug-likeness (QED) is 0.896. The molecule has 0 aliphatic carbocycles. The van der Waals surface area contributed by atoms with Gasteiger partial charge < -0.3 is 10.0 Å². The van der Waals surface area contributed by atoms with Gasteiger partial charge in [-0.3, -0.25) is 0 Å². The number of carbonyl (C=O) groups is 1. The molecule has 0 radical (unpaired) electrons. The molecule has 102 valence electrons. The smallest absolute Gasteiger partial charge is 0.345 e. The number of hydrogen-bond donors (Lipinski definition) is 1. The Morgan fingerprint density at radius 1 is 1.39 bits per heavy atom. The van der Waals surface area contributed by atoms with Gasteiger partial charge in [0, 0.05) is 30.6 Å². The van der Waals surface area contributed by atoms with Crippen molar-refractivity contribution < 1.29 is 9.90 Å². The number of likely N-dealkylation sites (N-methyl/N-ethyl adjacent to an activating group) is 1. The van der Waals surface area contributed by atoms with Gasteiger partial charge in [0.15, 0.2) is 0 Å². The van der Waals surface area contributed by atoms with Crippen LogP contribution in [0.3, 0.4) is 0 Å². The van der Waals surface area contributed by atoms with E-state index in [0.717, 1.165) is 4.88 Å². The number of thiophene rings is 1. The van der Waals surface area contributed by atoms with Gasteiger partial charge in [0.1, 0.15) is 4.88 Å². The first-order chi connectivity index (χ1) is 8.47. The molecule has 3 nitrogen and oxygen atoms in total. The Bertz CT molecular complexity index is 408. The van der Waals surface area contributed by atoms with Crippen molar-refractivity contribution in [1.29, 1.82) is 0 Å². The van der Waals surface area contributed by atoms with E-state index in [1.807, 2.05) is 40.9 Å². The summed E-state index contributed by atoms with van der Waals surface area (Å²) in [4.78, 5) is 14.3. The Morgan fingerprint density at radius 3 is 2.28 bits per heavy atom. The van der Waals surface area contributed by atoms with Crippen molar-refractivity contribution in [3.05, 3.63) is 33.7 Å². The lowest BCUT2D eigenvalue weighted by atomic mass is 10.1. The zero-order valence-corrected chi connectivity index (χ0v) is 12.8. The summed E-state index contributed by atoms with van der Waals surface area (Å²) >= 11 is 1.34. The fourth-order valence-electron chi connectivity index (χ4n) is 1.74. The topological polar surface area (TPSA) is 40.5 Å². The van der Waals surface area contributed by atoms with Crippen LogP contribution in [0.5, 0.6) is 0 Å². The summed E-state index contributed by atoms with van der Waals surface area (Å²) in [6, 6.07) is 3.56. The molecule has 1 atom stereocenters. The summed E-state index contributed by atoms with van der Waals surface area (Å²) in [5.41, 5.74) is 1.19. The average Bonchev–Trinajstić information content (AvgIpc) is 2.81. The Kier molecular flexibility index (Phi) is 7.36. The number of carboxylic acid groups (broad SMARTS) is 1. The SMILES string of the molecule is C/C=C(/C(C)c1ccc(C(=O)O)s1)N(C)C.CC. The predicted octanol–water partition coefficient (Wildman–Crippen LogP) is 4.04. The van der Waals surface area contributed by atoms with Gasteiger partial charge >= 0.3 is 5.97 Å². The molecule has 0 saturated heterocycles. The molecule has 1 heterocycles. The Hall–Kier alpha value is -1.29. The molecular formula is C14H23NO2S. The van der Waals surface area contributed by atoms with Gasteiger partial charge in [0.05, 0.1) is 0 Å². The fourth-order valence-corrected chi connectivity index (χ4v) is 2.65. The van der Waals surface area contributed by atoms with Crippen molar-refractivity contribution >= 4 is 17.3 Å². The fraction of sp³-hybridized carbons (Fsp3) is 0.500. The van der Waals surface area contributed by atoms with Crippen molar-refractivity contribution in [3.63, 3.8) is 0 Å². The second-order valence-corrected chi connectivity index (χ2v) is 4.95. The van der Waals surface area contributed by atoms with Crippen LogP contribution in [-0.2, 0) is 0 Å². The molecule has 0 aliphatic rings. The summed E-state index contributed by atoms with van der Waals surface area (Å²) < 4.78 is 0. The third kappa shape index (κ3) is 4.18. The molecule has 1 unspecified atom stereocenters. The summed E-state index contributed by atoms with van der Waals surface area (Å²) in [6.07, 6.45) is 2.06. The van der Waals surface area contributed by atoms with Crippen LogP contribution in [0.25, 0.3) is 0 Å². The zero-order valence-electron chi connectivity index (χ0n) is 12.0. The van der Waals surface area contributed by atoms with Crippen LogP contribution < -0.4 is 0 Å². The molecule has 4 heteroatoms. The standard InChI is InChI=1S/C12H17NO2S.C2H6/c1-5-9(13(3)4)8(2)10-6-7-11(16-10)12(14)15;1-2/h5-8H,1-4H3,(H,14,15);1-2H3/b9-5-;. The van der Waals surface area contributed by atoms with E-state index in [4.69, 9.17) is 5.11 Å². The average molecular weight is 269 g/mol. The van der Waals surface area contributed by atoms with Gasteiger partial charge in [0.2, 0.25) is 0 Å². The second-order valence-electron chi connectivity index (χ2n) is 3.84. The molecule has 0 aromatic carbocycles. The highest BCUT2D eigenvalue weighted by atomic mass is 32.1. The van der Waals surface area contributed by atoms with Crippen LogP contribution in [0.4, 0.5) is 0 Å². The molecule has 0 saturated carbocycles. The largest absolute Gasteiger partial charge is 0.477 e. The van der Waals surface area contributed by atoms with E-state index in [9.17, 15) is 4.79 Å². The van der Waals surface area contributed by atoms with Gasteiger partial charge in [-0.2, -0.15) is 0 Å². The van der Waals surface area contributed by atoms with Crippen LogP contribution in [0.15, 0.2) is 23.9 Å². The molecule has 0 spiro atoms. The first-order valence-electron chi connectivity index (χ1n) is 6.14. The molecule has 18 heavy (non-hydrogen) atoms. The summed E-state index contributed by atoms with van der Waals surface area (Å²) in [7, 11) is 4.00. The first kappa shape index (κ1) is 16.7. The molecule has 0 amide bonds. The minimum Gasteiger partial charge on any atom is -0.477 e. The third-order valence-corrected chi connectivity index (χ3v) is 3.78. The molecule has 0 bridgehead atoms. The molecule has 1 aromatic heterocycles. The lowest BCUT2D eigenvalue weighted by molar-refractivity contribution is 0.0702. The predicted molar refractivity (Wildman–Crippen MR) is 78.5 cm³/mol. The van der Waals surface area contributed by atoms with Gasteiger partial charge in [-0.15, -0.1) is 11.3 Å². The minimum absolute atomic E-state index is 0.234. The van der Waals surface area contributed by atoms with E-state index in [0.29, 0.717) is 4.88 Å². The number of aromatic carboxylic acids is 1. The second kappa shape index (κ2) is 7.93.